The van der Waals surface area contributed by atoms with Crippen molar-refractivity contribution >= 4 is 35.8 Å². The Morgan fingerprint density at radius 3 is 2.39 bits per heavy atom. The summed E-state index contributed by atoms with van der Waals surface area (Å²) >= 11 is 0. The molecule has 2 saturated heterocycles. The van der Waals surface area contributed by atoms with Crippen molar-refractivity contribution in [2.45, 2.75) is 18.9 Å². The van der Waals surface area contributed by atoms with Crippen LogP contribution in [0.5, 0.6) is 5.75 Å². The van der Waals surface area contributed by atoms with E-state index in [-0.39, 0.29) is 35.9 Å². The fourth-order valence-electron chi connectivity index (χ4n) is 4.63. The average molecular weight is 567 g/mol. The second kappa shape index (κ2) is 12.3. The largest absolute Gasteiger partial charge is 0.496 e. The van der Waals surface area contributed by atoms with E-state index < -0.39 is 0 Å². The zero-order valence-electron chi connectivity index (χ0n) is 19.4. The van der Waals surface area contributed by atoms with Gasteiger partial charge in [-0.1, -0.05) is 18.2 Å². The Hall–Kier alpha value is -2.27. The lowest BCUT2D eigenvalue weighted by Gasteiger charge is -2.37. The topological polar surface area (TPSA) is 73.6 Å². The molecule has 0 saturated carbocycles. The van der Waals surface area contributed by atoms with Gasteiger partial charge in [-0.05, 0) is 44.1 Å². The number of methoxy groups -OCH3 is 1. The van der Waals surface area contributed by atoms with Crippen molar-refractivity contribution in [2.75, 3.05) is 60.0 Å². The first kappa shape index (κ1) is 25.4. The molecule has 2 fully saturated rings. The summed E-state index contributed by atoms with van der Waals surface area (Å²) in [7, 11) is 3.55. The van der Waals surface area contributed by atoms with Gasteiger partial charge in [0.05, 0.1) is 19.4 Å². The van der Waals surface area contributed by atoms with Gasteiger partial charge >= 0.3 is 0 Å². The van der Waals surface area contributed by atoms with E-state index in [2.05, 4.69) is 32.2 Å². The molecule has 1 N–H and O–H groups in total. The Kier molecular flexibility index (Phi) is 9.42. The molecule has 1 amide bonds. The number of likely N-dealkylation sites (tertiary alicyclic amines) is 1. The van der Waals surface area contributed by atoms with Gasteiger partial charge < -0.3 is 24.3 Å². The van der Waals surface area contributed by atoms with Gasteiger partial charge in [0.1, 0.15) is 5.75 Å². The molecule has 8 nitrogen and oxygen atoms in total. The number of nitrogens with one attached hydrogen (secondary N) is 1. The molecule has 1 aromatic carbocycles. The van der Waals surface area contributed by atoms with Crippen LogP contribution in [0.25, 0.3) is 0 Å². The van der Waals surface area contributed by atoms with E-state index in [0.717, 1.165) is 44.4 Å². The quantitative estimate of drug-likeness (QED) is 0.329. The summed E-state index contributed by atoms with van der Waals surface area (Å²) in [6, 6.07) is 11.9. The van der Waals surface area contributed by atoms with E-state index in [9.17, 15) is 4.79 Å². The van der Waals surface area contributed by atoms with Crippen LogP contribution in [0.3, 0.4) is 0 Å². The zero-order chi connectivity index (χ0) is 22.3. The number of aliphatic imine (C=N–C) groups is 1. The lowest BCUT2D eigenvalue weighted by Crippen LogP contribution is -2.54. The number of hydrogen-bond acceptors (Lipinski definition) is 5. The molecule has 33 heavy (non-hydrogen) atoms. The molecule has 0 spiro atoms. The predicted molar refractivity (Wildman–Crippen MR) is 140 cm³/mol. The Balaban J connectivity index is 0.00000306. The van der Waals surface area contributed by atoms with Crippen LogP contribution >= 0.6 is 24.0 Å². The minimum atomic E-state index is -0.0529. The number of para-hydroxylation sites is 1. The third kappa shape index (κ3) is 6.00. The van der Waals surface area contributed by atoms with Gasteiger partial charge in [-0.15, -0.1) is 24.0 Å². The van der Waals surface area contributed by atoms with Gasteiger partial charge in [0.2, 0.25) is 0 Å². The fraction of sp³-hybridized carbons (Fsp3) is 0.500. The first-order valence-corrected chi connectivity index (χ1v) is 11.4. The van der Waals surface area contributed by atoms with Crippen molar-refractivity contribution in [1.82, 2.24) is 20.0 Å². The highest BCUT2D eigenvalue weighted by Gasteiger charge is 2.28. The SMILES string of the molecule is CN=C(NCC(c1ccccc1OC)N1CCCC1)N1CCN(C(=O)c2ccco2)CC1.I. The highest BCUT2D eigenvalue weighted by Crippen LogP contribution is 2.31. The van der Waals surface area contributed by atoms with Gasteiger partial charge in [0.15, 0.2) is 11.7 Å². The number of guanidine groups is 1. The Labute approximate surface area is 213 Å². The smallest absolute Gasteiger partial charge is 0.289 e. The van der Waals surface area contributed by atoms with Gasteiger partial charge in [0, 0.05) is 45.3 Å². The summed E-state index contributed by atoms with van der Waals surface area (Å²) in [6.07, 6.45) is 3.99. The lowest BCUT2D eigenvalue weighted by molar-refractivity contribution is 0.0657. The highest BCUT2D eigenvalue weighted by molar-refractivity contribution is 14.0. The molecular formula is C24H34IN5O3. The van der Waals surface area contributed by atoms with E-state index in [0.29, 0.717) is 18.8 Å². The van der Waals surface area contributed by atoms with Crippen LogP contribution in [0, 0.1) is 0 Å². The summed E-state index contributed by atoms with van der Waals surface area (Å²) < 4.78 is 10.9. The molecule has 0 radical (unpaired) electrons. The predicted octanol–water partition coefficient (Wildman–Crippen LogP) is 3.08. The Morgan fingerprint density at radius 1 is 1.06 bits per heavy atom. The summed E-state index contributed by atoms with van der Waals surface area (Å²) in [5.74, 6) is 2.13. The maximum Gasteiger partial charge on any atom is 0.289 e. The van der Waals surface area contributed by atoms with Crippen LogP contribution in [0.2, 0.25) is 0 Å². The molecule has 180 valence electrons. The Morgan fingerprint density at radius 2 is 1.76 bits per heavy atom. The normalized spacial score (nSPS) is 18.1. The molecule has 1 atom stereocenters. The average Bonchev–Trinajstić information content (AvgIpc) is 3.57. The first-order chi connectivity index (χ1) is 15.7. The van der Waals surface area contributed by atoms with Crippen LogP contribution in [0.15, 0.2) is 52.1 Å². The molecular weight excluding hydrogens is 533 g/mol. The summed E-state index contributed by atoms with van der Waals surface area (Å²) in [5, 5.41) is 3.59. The number of carbonyl (C=O) groups is 1. The highest BCUT2D eigenvalue weighted by atomic mass is 127. The molecule has 0 bridgehead atoms. The monoisotopic (exact) mass is 567 g/mol. The number of rotatable bonds is 6. The maximum absolute atomic E-state index is 12.5. The van der Waals surface area contributed by atoms with Crippen molar-refractivity contribution in [3.63, 3.8) is 0 Å². The van der Waals surface area contributed by atoms with Crippen molar-refractivity contribution in [2.24, 2.45) is 4.99 Å². The van der Waals surface area contributed by atoms with Crippen LogP contribution in [0.1, 0.15) is 35.0 Å². The first-order valence-electron chi connectivity index (χ1n) is 11.4. The second-order valence-corrected chi connectivity index (χ2v) is 8.19. The van der Waals surface area contributed by atoms with Gasteiger partial charge in [-0.3, -0.25) is 14.7 Å². The minimum absolute atomic E-state index is 0. The lowest BCUT2D eigenvalue weighted by atomic mass is 10.0. The molecule has 3 heterocycles. The van der Waals surface area contributed by atoms with Crippen LogP contribution in [-0.4, -0.2) is 86.5 Å². The van der Waals surface area contributed by atoms with E-state index in [1.54, 1.807) is 19.2 Å². The number of furan rings is 1. The number of benzene rings is 1. The summed E-state index contributed by atoms with van der Waals surface area (Å²) in [5.41, 5.74) is 1.20. The molecule has 2 aromatic rings. The van der Waals surface area contributed by atoms with E-state index in [1.165, 1.54) is 24.7 Å². The van der Waals surface area contributed by atoms with E-state index >= 15 is 0 Å². The number of halogens is 1. The number of hydrogen-bond donors (Lipinski definition) is 1. The van der Waals surface area contributed by atoms with Crippen molar-refractivity contribution < 1.29 is 13.9 Å². The van der Waals surface area contributed by atoms with Gasteiger partial charge in [-0.25, -0.2) is 0 Å². The molecule has 0 aliphatic carbocycles. The molecule has 9 heteroatoms. The zero-order valence-corrected chi connectivity index (χ0v) is 21.7. The third-order valence-electron chi connectivity index (χ3n) is 6.34. The second-order valence-electron chi connectivity index (χ2n) is 8.19. The molecule has 1 unspecified atom stereocenters. The van der Waals surface area contributed by atoms with E-state index in [4.69, 9.17) is 9.15 Å². The standard InChI is InChI=1S/C24H33N5O3.HI/c1-25-24(29-15-13-28(14-16-29)23(30)22-10-7-17-32-22)26-18-20(27-11-5-6-12-27)19-8-3-4-9-21(19)31-2;/h3-4,7-10,17,20H,5-6,11-16,18H2,1-2H3,(H,25,26);1H. The number of carbonyl (C=O) groups excluding carboxylic acids is 1. The van der Waals surface area contributed by atoms with Crippen molar-refractivity contribution in [3.05, 3.63) is 54.0 Å². The Bertz CT molecular complexity index is 907. The van der Waals surface area contributed by atoms with Crippen molar-refractivity contribution in [1.29, 1.82) is 0 Å². The van der Waals surface area contributed by atoms with Crippen molar-refractivity contribution in [3.8, 4) is 5.75 Å². The minimum Gasteiger partial charge on any atom is -0.496 e. The van der Waals surface area contributed by atoms with Crippen LogP contribution < -0.4 is 10.1 Å². The number of amides is 1. The third-order valence-corrected chi connectivity index (χ3v) is 6.34. The van der Waals surface area contributed by atoms with Gasteiger partial charge in [0.25, 0.3) is 5.91 Å². The summed E-state index contributed by atoms with van der Waals surface area (Å²) in [4.78, 5) is 23.6. The fourth-order valence-corrected chi connectivity index (χ4v) is 4.63. The summed E-state index contributed by atoms with van der Waals surface area (Å²) in [6.45, 7) is 5.68. The van der Waals surface area contributed by atoms with Crippen LogP contribution in [-0.2, 0) is 0 Å². The van der Waals surface area contributed by atoms with Crippen LogP contribution in [0.4, 0.5) is 0 Å². The number of ether oxygens (including phenoxy) is 1. The molecule has 1 aromatic heterocycles. The molecule has 4 rings (SSSR count). The number of nitrogens with zero attached hydrogens (tertiary/aromatic N) is 4. The number of piperazine rings is 1. The molecule has 2 aliphatic heterocycles. The molecule has 2 aliphatic rings. The maximum atomic E-state index is 12.5. The van der Waals surface area contributed by atoms with Gasteiger partial charge in [-0.2, -0.15) is 0 Å². The van der Waals surface area contributed by atoms with E-state index in [1.807, 2.05) is 24.1 Å².